The van der Waals surface area contributed by atoms with Gasteiger partial charge in [-0.2, -0.15) is 4.57 Å². The molecule has 0 unspecified atom stereocenters. The minimum Gasteiger partial charge on any atom is -0.492 e. The van der Waals surface area contributed by atoms with Gasteiger partial charge < -0.3 is 25.7 Å². The standard InChI is InChI=1S/C27H30N6O7S2/c1-2-15(34)11-32-9-7-17(8-10-32)41-14-20-23(26(37)38)33-19(12-39-20)22(25(33)36)30-24(35)21(18-13-42-27(28)29-18)31-40-16-5-3-4-6-16/h7-10,13,16,19,22H,2-6,11-12,14H2,1H3,(H3-,28,29,30,35,37,38)/p+1/b31-21+/t19-,22+/m1/s1. The maximum Gasteiger partial charge on any atom is 0.356 e. The third kappa shape index (κ3) is 6.41. The maximum absolute atomic E-state index is 13.3. The van der Waals surface area contributed by atoms with Crippen molar-refractivity contribution in [3.05, 3.63) is 47.1 Å². The molecule has 42 heavy (non-hydrogen) atoms. The summed E-state index contributed by atoms with van der Waals surface area (Å²) in [6, 6.07) is 1.94. The number of thiazole rings is 1. The molecule has 4 N–H and O–H groups in total. The number of nitrogens with two attached hydrogens (primary N) is 1. The van der Waals surface area contributed by atoms with E-state index in [1.807, 2.05) is 19.1 Å². The number of hydrogen-bond acceptors (Lipinski definition) is 11. The van der Waals surface area contributed by atoms with Crippen LogP contribution in [0.1, 0.15) is 44.7 Å². The number of thioether (sulfide) groups is 1. The first kappa shape index (κ1) is 29.5. The predicted molar refractivity (Wildman–Crippen MR) is 152 cm³/mol. The van der Waals surface area contributed by atoms with Crippen LogP contribution in [0.25, 0.3) is 0 Å². The summed E-state index contributed by atoms with van der Waals surface area (Å²) in [5, 5.41) is 18.5. The third-order valence-electron chi connectivity index (χ3n) is 7.20. The molecule has 2 amide bonds. The Labute approximate surface area is 249 Å². The Morgan fingerprint density at radius 2 is 2.05 bits per heavy atom. The molecule has 2 aromatic rings. The molecule has 3 aliphatic rings. The fraction of sp³-hybridized carbons (Fsp3) is 0.444. The zero-order valence-electron chi connectivity index (χ0n) is 22.9. The van der Waals surface area contributed by atoms with Crippen molar-refractivity contribution in [3.8, 4) is 0 Å². The van der Waals surface area contributed by atoms with Crippen LogP contribution in [0.2, 0.25) is 0 Å². The van der Waals surface area contributed by atoms with E-state index >= 15 is 0 Å². The first-order chi connectivity index (χ1) is 20.2. The van der Waals surface area contributed by atoms with Gasteiger partial charge in [-0.05, 0) is 25.7 Å². The molecule has 0 aromatic carbocycles. The second-order valence-corrected chi connectivity index (χ2v) is 12.0. The highest BCUT2D eigenvalue weighted by atomic mass is 32.2. The molecule has 4 heterocycles. The molecule has 2 aromatic heterocycles. The number of carboxylic acid groups (broad SMARTS) is 1. The number of Topliss-reactive ketones (excluding diaryl/α,β-unsaturated/α-hetero) is 1. The zero-order valence-corrected chi connectivity index (χ0v) is 24.5. The highest BCUT2D eigenvalue weighted by Crippen LogP contribution is 2.35. The van der Waals surface area contributed by atoms with E-state index < -0.39 is 29.9 Å². The van der Waals surface area contributed by atoms with Gasteiger partial charge in [0.1, 0.15) is 36.2 Å². The van der Waals surface area contributed by atoms with Crippen LogP contribution in [0.15, 0.2) is 51.4 Å². The fourth-order valence-electron chi connectivity index (χ4n) is 4.91. The van der Waals surface area contributed by atoms with Crippen molar-refractivity contribution in [1.82, 2.24) is 15.2 Å². The number of β-lactam (4-membered cyclic amide) rings is 1. The average Bonchev–Trinajstić information content (AvgIpc) is 3.67. The van der Waals surface area contributed by atoms with Crippen LogP contribution in [0.4, 0.5) is 5.13 Å². The van der Waals surface area contributed by atoms with Crippen molar-refractivity contribution < 1.29 is 38.4 Å². The summed E-state index contributed by atoms with van der Waals surface area (Å²) >= 11 is 2.49. The van der Waals surface area contributed by atoms with Crippen molar-refractivity contribution in [1.29, 1.82) is 0 Å². The SMILES string of the molecule is CCC(=O)C[n+]1ccc(SCC2=C(C(=O)O)N3C(=O)[C@@H](NC(=O)/C(=N/OC4CCCC4)c4csc(N)n4)[C@H]3CO2)cc1. The second kappa shape index (κ2) is 12.9. The lowest BCUT2D eigenvalue weighted by atomic mass is 9.92. The van der Waals surface area contributed by atoms with Crippen molar-refractivity contribution in [2.75, 3.05) is 18.1 Å². The van der Waals surface area contributed by atoms with Gasteiger partial charge in [0.2, 0.25) is 6.54 Å². The fourth-order valence-corrected chi connectivity index (χ4v) is 6.29. The number of hydrogen-bond donors (Lipinski definition) is 3. The lowest BCUT2D eigenvalue weighted by Gasteiger charge is -2.49. The second-order valence-electron chi connectivity index (χ2n) is 10.0. The maximum atomic E-state index is 13.3. The summed E-state index contributed by atoms with van der Waals surface area (Å²) in [5.41, 5.74) is 5.63. The molecule has 2 atom stereocenters. The van der Waals surface area contributed by atoms with E-state index in [1.54, 1.807) is 22.3 Å². The van der Waals surface area contributed by atoms with E-state index in [-0.39, 0.29) is 58.8 Å². The number of ether oxygens (including phenoxy) is 1. The monoisotopic (exact) mass is 615 g/mol. The molecule has 13 nitrogen and oxygen atoms in total. The number of rotatable bonds is 12. The van der Waals surface area contributed by atoms with E-state index in [1.165, 1.54) is 11.8 Å². The normalized spacial score (nSPS) is 20.5. The Morgan fingerprint density at radius 1 is 1.31 bits per heavy atom. The first-order valence-corrected chi connectivity index (χ1v) is 15.4. The molecular weight excluding hydrogens is 584 g/mol. The molecule has 1 saturated heterocycles. The van der Waals surface area contributed by atoms with Crippen molar-refractivity contribution in [2.24, 2.45) is 5.16 Å². The van der Waals surface area contributed by atoms with E-state index in [4.69, 9.17) is 15.3 Å². The quantitative estimate of drug-likeness (QED) is 0.104. The number of amides is 2. The van der Waals surface area contributed by atoms with Crippen LogP contribution in [0.3, 0.4) is 0 Å². The number of carbonyl (C=O) groups excluding carboxylic acids is 3. The molecule has 0 radical (unpaired) electrons. The number of fused-ring (bicyclic) bond motifs is 1. The van der Waals surface area contributed by atoms with E-state index in [0.717, 1.165) is 46.8 Å². The summed E-state index contributed by atoms with van der Waals surface area (Å²) in [5.74, 6) is -2.10. The number of nitrogen functional groups attached to an aromatic ring is 1. The van der Waals surface area contributed by atoms with Crippen LogP contribution in [-0.4, -0.2) is 74.8 Å². The summed E-state index contributed by atoms with van der Waals surface area (Å²) in [6.07, 6.45) is 7.63. The zero-order chi connectivity index (χ0) is 29.8. The number of oxime groups is 1. The summed E-state index contributed by atoms with van der Waals surface area (Å²) in [6.45, 7) is 2.10. The average molecular weight is 616 g/mol. The molecule has 222 valence electrons. The van der Waals surface area contributed by atoms with E-state index in [2.05, 4.69) is 15.5 Å². The first-order valence-electron chi connectivity index (χ1n) is 13.6. The van der Waals surface area contributed by atoms with Gasteiger partial charge in [0, 0.05) is 28.8 Å². The summed E-state index contributed by atoms with van der Waals surface area (Å²) < 4.78 is 7.59. The van der Waals surface area contributed by atoms with Gasteiger partial charge in [0.25, 0.3) is 11.8 Å². The van der Waals surface area contributed by atoms with Crippen molar-refractivity contribution in [3.63, 3.8) is 0 Å². The number of carbonyl (C=O) groups is 4. The van der Waals surface area contributed by atoms with Gasteiger partial charge >= 0.3 is 5.97 Å². The number of nitrogens with one attached hydrogen (secondary N) is 1. The molecule has 0 bridgehead atoms. The van der Waals surface area contributed by atoms with E-state index in [0.29, 0.717) is 6.42 Å². The highest BCUT2D eigenvalue weighted by molar-refractivity contribution is 7.99. The lowest BCUT2D eigenvalue weighted by molar-refractivity contribution is -0.684. The van der Waals surface area contributed by atoms with Crippen LogP contribution in [-0.2, 0) is 35.3 Å². The van der Waals surface area contributed by atoms with Crippen LogP contribution in [0, 0.1) is 0 Å². The molecule has 1 saturated carbocycles. The molecule has 1 aliphatic carbocycles. The van der Waals surface area contributed by atoms with Crippen LogP contribution < -0.4 is 15.6 Å². The topological polar surface area (TPSA) is 177 Å². The van der Waals surface area contributed by atoms with Gasteiger partial charge in [-0.1, -0.05) is 12.1 Å². The largest absolute Gasteiger partial charge is 0.492 e. The molecule has 5 rings (SSSR count). The number of ketones is 1. The number of aromatic nitrogens is 2. The third-order valence-corrected chi connectivity index (χ3v) is 8.89. The minimum absolute atomic E-state index is 0.00593. The Morgan fingerprint density at radius 3 is 2.69 bits per heavy atom. The van der Waals surface area contributed by atoms with Crippen molar-refractivity contribution >= 4 is 57.5 Å². The van der Waals surface area contributed by atoms with E-state index in [9.17, 15) is 24.3 Å². The van der Waals surface area contributed by atoms with Gasteiger partial charge in [0.15, 0.2) is 34.7 Å². The molecule has 15 heteroatoms. The summed E-state index contributed by atoms with van der Waals surface area (Å²) in [4.78, 5) is 62.0. The number of anilines is 1. The molecule has 2 aliphatic heterocycles. The Hall–Kier alpha value is -3.98. The van der Waals surface area contributed by atoms with Crippen LogP contribution >= 0.6 is 23.1 Å². The van der Waals surface area contributed by atoms with Gasteiger partial charge in [-0.15, -0.1) is 23.1 Å². The van der Waals surface area contributed by atoms with Gasteiger partial charge in [-0.3, -0.25) is 19.3 Å². The Kier molecular flexibility index (Phi) is 9.06. The smallest absolute Gasteiger partial charge is 0.356 e. The number of nitrogens with zero attached hydrogens (tertiary/aromatic N) is 4. The van der Waals surface area contributed by atoms with Crippen LogP contribution in [0.5, 0.6) is 0 Å². The predicted octanol–water partition coefficient (Wildman–Crippen LogP) is 1.47. The molecule has 0 spiro atoms. The summed E-state index contributed by atoms with van der Waals surface area (Å²) in [7, 11) is 0. The number of aliphatic carboxylic acids is 1. The number of carboxylic acids is 1. The molecular formula is C27H31N6O7S2+. The Balaban J connectivity index is 1.26. The molecule has 2 fully saturated rings. The minimum atomic E-state index is -1.30. The number of pyridine rings is 1. The lowest BCUT2D eigenvalue weighted by Crippen LogP contribution is -2.73. The van der Waals surface area contributed by atoms with Crippen molar-refractivity contribution in [2.45, 2.75) is 68.7 Å². The Bertz CT molecular complexity index is 1430. The van der Waals surface area contributed by atoms with Gasteiger partial charge in [0.05, 0.1) is 5.75 Å². The highest BCUT2D eigenvalue weighted by Gasteiger charge is 2.55. The van der Waals surface area contributed by atoms with Gasteiger partial charge in [-0.25, -0.2) is 9.78 Å².